The molecule has 1 N–H and O–H groups in total. The molecule has 94 valence electrons. The van der Waals surface area contributed by atoms with Crippen LogP contribution in [0.5, 0.6) is 0 Å². The molecule has 0 aromatic heterocycles. The normalized spacial score (nSPS) is 32.6. The van der Waals surface area contributed by atoms with Gasteiger partial charge in [0.1, 0.15) is 0 Å². The van der Waals surface area contributed by atoms with E-state index < -0.39 is 0 Å². The van der Waals surface area contributed by atoms with Crippen LogP contribution in [0.4, 0.5) is 0 Å². The Balaban J connectivity index is 1.47. The van der Waals surface area contributed by atoms with Crippen LogP contribution in [0.1, 0.15) is 52.4 Å². The van der Waals surface area contributed by atoms with Gasteiger partial charge in [-0.25, -0.2) is 0 Å². The number of nitrogens with one attached hydrogen (secondary N) is 1. The molecule has 2 nitrogen and oxygen atoms in total. The van der Waals surface area contributed by atoms with Crippen LogP contribution in [0.15, 0.2) is 0 Å². The molecule has 0 aromatic rings. The van der Waals surface area contributed by atoms with Crippen molar-refractivity contribution in [3.8, 4) is 0 Å². The molecule has 2 saturated carbocycles. The number of hydrogen-bond donors (Lipinski definition) is 1. The maximum atomic E-state index is 5.92. The zero-order valence-electron chi connectivity index (χ0n) is 10.9. The summed E-state index contributed by atoms with van der Waals surface area (Å²) < 4.78 is 5.92. The fourth-order valence-corrected chi connectivity index (χ4v) is 2.67. The molecule has 0 bridgehead atoms. The number of ether oxygens (including phenoxy) is 1. The van der Waals surface area contributed by atoms with E-state index in [9.17, 15) is 0 Å². The van der Waals surface area contributed by atoms with E-state index in [1.807, 2.05) is 0 Å². The summed E-state index contributed by atoms with van der Waals surface area (Å²) >= 11 is 0. The lowest BCUT2D eigenvalue weighted by Gasteiger charge is -2.26. The summed E-state index contributed by atoms with van der Waals surface area (Å²) in [6.07, 6.45) is 8.67. The van der Waals surface area contributed by atoms with Crippen molar-refractivity contribution in [1.29, 1.82) is 0 Å². The van der Waals surface area contributed by atoms with E-state index in [0.717, 1.165) is 25.0 Å². The van der Waals surface area contributed by atoms with Crippen molar-refractivity contribution in [2.75, 3.05) is 13.2 Å². The standard InChI is InChI=1S/C14H27NO/c1-11-3-7-14(8-4-11)16-10-9-15-12(2)13-5-6-13/h11-15H,3-10H2,1-2H3. The molecule has 0 spiro atoms. The monoisotopic (exact) mass is 225 g/mol. The van der Waals surface area contributed by atoms with E-state index in [0.29, 0.717) is 12.1 Å². The second kappa shape index (κ2) is 6.02. The van der Waals surface area contributed by atoms with Gasteiger partial charge < -0.3 is 10.1 Å². The van der Waals surface area contributed by atoms with Crippen molar-refractivity contribution >= 4 is 0 Å². The third kappa shape index (κ3) is 4.06. The minimum Gasteiger partial charge on any atom is -0.377 e. The Morgan fingerprint density at radius 3 is 2.44 bits per heavy atom. The Morgan fingerprint density at radius 2 is 1.81 bits per heavy atom. The first kappa shape index (κ1) is 12.4. The van der Waals surface area contributed by atoms with Gasteiger partial charge in [-0.05, 0) is 57.3 Å². The van der Waals surface area contributed by atoms with Gasteiger partial charge in [0.2, 0.25) is 0 Å². The van der Waals surface area contributed by atoms with E-state index >= 15 is 0 Å². The van der Waals surface area contributed by atoms with Crippen LogP contribution >= 0.6 is 0 Å². The Bertz CT molecular complexity index is 195. The van der Waals surface area contributed by atoms with E-state index in [-0.39, 0.29) is 0 Å². The molecule has 2 aliphatic rings. The van der Waals surface area contributed by atoms with E-state index in [1.165, 1.54) is 38.5 Å². The average Bonchev–Trinajstić information content (AvgIpc) is 3.10. The summed E-state index contributed by atoms with van der Waals surface area (Å²) in [5.74, 6) is 1.88. The molecule has 2 rings (SSSR count). The van der Waals surface area contributed by atoms with Crippen LogP contribution in [0.2, 0.25) is 0 Å². The van der Waals surface area contributed by atoms with Gasteiger partial charge in [-0.15, -0.1) is 0 Å². The number of hydrogen-bond acceptors (Lipinski definition) is 2. The van der Waals surface area contributed by atoms with Gasteiger partial charge in [0.15, 0.2) is 0 Å². The lowest BCUT2D eigenvalue weighted by molar-refractivity contribution is 0.0207. The minimum absolute atomic E-state index is 0.550. The highest BCUT2D eigenvalue weighted by atomic mass is 16.5. The van der Waals surface area contributed by atoms with Crippen LogP contribution in [0.3, 0.4) is 0 Å². The van der Waals surface area contributed by atoms with E-state index in [2.05, 4.69) is 19.2 Å². The smallest absolute Gasteiger partial charge is 0.0594 e. The molecule has 0 aliphatic heterocycles. The summed E-state index contributed by atoms with van der Waals surface area (Å²) in [6, 6.07) is 0.704. The van der Waals surface area contributed by atoms with E-state index in [4.69, 9.17) is 4.74 Å². The lowest BCUT2D eigenvalue weighted by Crippen LogP contribution is -2.32. The highest BCUT2D eigenvalue weighted by Crippen LogP contribution is 2.32. The molecular weight excluding hydrogens is 198 g/mol. The fourth-order valence-electron chi connectivity index (χ4n) is 2.67. The van der Waals surface area contributed by atoms with Crippen LogP contribution in [-0.4, -0.2) is 25.3 Å². The largest absolute Gasteiger partial charge is 0.377 e. The van der Waals surface area contributed by atoms with Crippen LogP contribution in [0.25, 0.3) is 0 Å². The Morgan fingerprint density at radius 1 is 1.12 bits per heavy atom. The second-order valence-corrected chi connectivity index (χ2v) is 5.83. The first-order valence-corrected chi connectivity index (χ1v) is 7.10. The molecule has 0 saturated heterocycles. The first-order valence-electron chi connectivity index (χ1n) is 7.10. The van der Waals surface area contributed by atoms with Gasteiger partial charge >= 0.3 is 0 Å². The highest BCUT2D eigenvalue weighted by molar-refractivity contribution is 4.83. The van der Waals surface area contributed by atoms with Crippen LogP contribution in [-0.2, 0) is 4.74 Å². The highest BCUT2D eigenvalue weighted by Gasteiger charge is 2.27. The van der Waals surface area contributed by atoms with Crippen molar-refractivity contribution in [2.45, 2.75) is 64.5 Å². The molecule has 2 fully saturated rings. The predicted octanol–water partition coefficient (Wildman–Crippen LogP) is 2.97. The second-order valence-electron chi connectivity index (χ2n) is 5.83. The van der Waals surface area contributed by atoms with Gasteiger partial charge in [0.05, 0.1) is 12.7 Å². The Kier molecular flexibility index (Phi) is 4.66. The topological polar surface area (TPSA) is 21.3 Å². The van der Waals surface area contributed by atoms with Crippen molar-refractivity contribution in [2.24, 2.45) is 11.8 Å². The quantitative estimate of drug-likeness (QED) is 0.702. The fraction of sp³-hybridized carbons (Fsp3) is 1.00. The summed E-state index contributed by atoms with van der Waals surface area (Å²) in [5.41, 5.74) is 0. The number of rotatable bonds is 6. The van der Waals surface area contributed by atoms with Gasteiger partial charge in [-0.2, -0.15) is 0 Å². The SMILES string of the molecule is CC1CCC(OCCNC(C)C2CC2)CC1. The molecule has 0 heterocycles. The third-order valence-electron chi connectivity index (χ3n) is 4.21. The van der Waals surface area contributed by atoms with Gasteiger partial charge in [0.25, 0.3) is 0 Å². The zero-order chi connectivity index (χ0) is 11.4. The molecule has 0 amide bonds. The maximum Gasteiger partial charge on any atom is 0.0594 e. The maximum absolute atomic E-state index is 5.92. The van der Waals surface area contributed by atoms with Gasteiger partial charge in [-0.1, -0.05) is 6.92 Å². The van der Waals surface area contributed by atoms with E-state index in [1.54, 1.807) is 0 Å². The molecule has 1 unspecified atom stereocenters. The lowest BCUT2D eigenvalue weighted by atomic mass is 9.89. The van der Waals surface area contributed by atoms with Crippen molar-refractivity contribution in [3.05, 3.63) is 0 Å². The Labute approximate surface area is 100 Å². The molecule has 0 radical (unpaired) electrons. The summed E-state index contributed by atoms with van der Waals surface area (Å²) in [7, 11) is 0. The van der Waals surface area contributed by atoms with Crippen LogP contribution < -0.4 is 5.32 Å². The third-order valence-corrected chi connectivity index (χ3v) is 4.21. The summed E-state index contributed by atoms with van der Waals surface area (Å²) in [6.45, 7) is 6.59. The molecule has 2 aliphatic carbocycles. The predicted molar refractivity (Wildman–Crippen MR) is 67.6 cm³/mol. The minimum atomic E-state index is 0.550. The zero-order valence-corrected chi connectivity index (χ0v) is 10.9. The van der Waals surface area contributed by atoms with Gasteiger partial charge in [0, 0.05) is 12.6 Å². The summed E-state index contributed by atoms with van der Waals surface area (Å²) in [4.78, 5) is 0. The molecule has 2 heteroatoms. The van der Waals surface area contributed by atoms with Gasteiger partial charge in [-0.3, -0.25) is 0 Å². The average molecular weight is 225 g/mol. The molecule has 1 atom stereocenters. The van der Waals surface area contributed by atoms with Crippen molar-refractivity contribution < 1.29 is 4.74 Å². The molecule has 0 aromatic carbocycles. The van der Waals surface area contributed by atoms with Crippen molar-refractivity contribution in [3.63, 3.8) is 0 Å². The molecular formula is C14H27NO. The first-order chi connectivity index (χ1) is 7.75. The summed E-state index contributed by atoms with van der Waals surface area (Å²) in [5, 5.41) is 3.57. The Hall–Kier alpha value is -0.0800. The van der Waals surface area contributed by atoms with Crippen molar-refractivity contribution in [1.82, 2.24) is 5.32 Å². The van der Waals surface area contributed by atoms with Crippen LogP contribution in [0, 0.1) is 11.8 Å². The molecule has 16 heavy (non-hydrogen) atoms.